The van der Waals surface area contributed by atoms with E-state index in [0.29, 0.717) is 6.61 Å². The molecule has 2 aromatic carbocycles. The standard InChI is InChI=1S/C34H55N6OPS/c1-8-15-31-16-20-33(21-17-31)40(13-6)27-28-41-34-22-18-32(19-23-34)30-35-37(7)42(43,29-14-25-38(9-2)10-3)36-24-26-39(11-4)12-5/h16-23,30H,9-14,24-29H2,1-7H3,(H,36,43)/b35-30+. The van der Waals surface area contributed by atoms with Crippen LogP contribution >= 0.6 is 6.34 Å². The quantitative estimate of drug-likeness (QED) is 0.0766. The first kappa shape index (κ1) is 36.8. The molecule has 2 aromatic rings. The van der Waals surface area contributed by atoms with E-state index in [2.05, 4.69) is 103 Å². The van der Waals surface area contributed by atoms with Crippen molar-refractivity contribution in [1.29, 1.82) is 0 Å². The predicted molar refractivity (Wildman–Crippen MR) is 192 cm³/mol. The van der Waals surface area contributed by atoms with Gasteiger partial charge in [0.15, 0.2) is 0 Å². The van der Waals surface area contributed by atoms with Crippen molar-refractivity contribution in [2.75, 3.05) is 83.6 Å². The molecule has 43 heavy (non-hydrogen) atoms. The molecule has 9 heteroatoms. The van der Waals surface area contributed by atoms with Crippen LogP contribution in [0.15, 0.2) is 53.6 Å². The molecule has 238 valence electrons. The van der Waals surface area contributed by atoms with Crippen LogP contribution in [0.4, 0.5) is 5.69 Å². The van der Waals surface area contributed by atoms with Gasteiger partial charge in [0.2, 0.25) is 0 Å². The molecule has 0 aliphatic carbocycles. The van der Waals surface area contributed by atoms with E-state index in [1.807, 2.05) is 37.1 Å². The van der Waals surface area contributed by atoms with Gasteiger partial charge in [-0.3, -0.25) is 9.87 Å². The molecule has 0 saturated heterocycles. The zero-order valence-corrected chi connectivity index (χ0v) is 29.4. The van der Waals surface area contributed by atoms with Crippen LogP contribution in [0.5, 0.6) is 5.75 Å². The van der Waals surface area contributed by atoms with Gasteiger partial charge >= 0.3 is 0 Å². The Bertz CT molecular complexity index is 1150. The van der Waals surface area contributed by atoms with Crippen LogP contribution in [0.25, 0.3) is 0 Å². The van der Waals surface area contributed by atoms with Crippen LogP contribution in [0, 0.1) is 11.8 Å². The first-order valence-electron chi connectivity index (χ1n) is 15.9. The summed E-state index contributed by atoms with van der Waals surface area (Å²) in [6, 6.07) is 16.5. The van der Waals surface area contributed by atoms with E-state index in [1.165, 1.54) is 5.69 Å². The summed E-state index contributed by atoms with van der Waals surface area (Å²) < 4.78 is 8.10. The van der Waals surface area contributed by atoms with Gasteiger partial charge < -0.3 is 19.4 Å². The summed E-state index contributed by atoms with van der Waals surface area (Å²) in [6.45, 7) is 22.4. The van der Waals surface area contributed by atoms with Gasteiger partial charge in [-0.1, -0.05) is 45.4 Å². The lowest BCUT2D eigenvalue weighted by molar-refractivity contribution is 0.304. The van der Waals surface area contributed by atoms with Crippen LogP contribution in [-0.2, 0) is 11.8 Å². The molecule has 0 aromatic heterocycles. The van der Waals surface area contributed by atoms with E-state index in [4.69, 9.17) is 21.6 Å². The van der Waals surface area contributed by atoms with Crippen molar-refractivity contribution in [3.8, 4) is 17.6 Å². The van der Waals surface area contributed by atoms with Gasteiger partial charge in [-0.15, -0.1) is 5.92 Å². The van der Waals surface area contributed by atoms with Gasteiger partial charge in [0.1, 0.15) is 18.7 Å². The summed E-state index contributed by atoms with van der Waals surface area (Å²) in [5, 5.41) is 8.58. The highest BCUT2D eigenvalue weighted by atomic mass is 32.4. The molecule has 7 nitrogen and oxygen atoms in total. The summed E-state index contributed by atoms with van der Waals surface area (Å²) in [7, 11) is 2.03. The van der Waals surface area contributed by atoms with E-state index >= 15 is 0 Å². The monoisotopic (exact) mass is 626 g/mol. The number of nitrogens with one attached hydrogen (secondary N) is 1. The fourth-order valence-corrected chi connectivity index (χ4v) is 7.50. The highest BCUT2D eigenvalue weighted by Crippen LogP contribution is 2.45. The fraction of sp³-hybridized carbons (Fsp3) is 0.559. The average Bonchev–Trinajstić information content (AvgIpc) is 3.03. The Kier molecular flexibility index (Phi) is 17.6. The smallest absolute Gasteiger partial charge is 0.119 e. The van der Waals surface area contributed by atoms with E-state index in [1.54, 1.807) is 0 Å². The van der Waals surface area contributed by atoms with Crippen LogP contribution in [0.3, 0.4) is 0 Å². The lowest BCUT2D eigenvalue weighted by Gasteiger charge is -2.32. The first-order valence-corrected chi connectivity index (χ1v) is 18.8. The Morgan fingerprint density at radius 3 is 2.07 bits per heavy atom. The van der Waals surface area contributed by atoms with Gasteiger partial charge in [-0.25, -0.2) is 0 Å². The maximum absolute atomic E-state index is 6.29. The molecule has 1 N–H and O–H groups in total. The van der Waals surface area contributed by atoms with Gasteiger partial charge in [0.05, 0.1) is 12.8 Å². The molecule has 2 rings (SSSR count). The lowest BCUT2D eigenvalue weighted by Crippen LogP contribution is -2.34. The third-order valence-corrected chi connectivity index (χ3v) is 12.1. The highest BCUT2D eigenvalue weighted by molar-refractivity contribution is 8.12. The second-order valence-electron chi connectivity index (χ2n) is 10.4. The van der Waals surface area contributed by atoms with Gasteiger partial charge in [-0.2, -0.15) is 5.10 Å². The molecule has 1 atom stereocenters. The number of likely N-dealkylation sites (N-methyl/N-ethyl adjacent to an activating group) is 2. The van der Waals surface area contributed by atoms with Crippen molar-refractivity contribution in [3.63, 3.8) is 0 Å². The summed E-state index contributed by atoms with van der Waals surface area (Å²) in [6.07, 6.45) is 1.88. The molecule has 0 bridgehead atoms. The molecule has 0 aliphatic rings. The SMILES string of the molecule is CC#Cc1ccc(N(CC)CCOc2ccc(/C=N/N(C)P(=S)(CCCN(CC)CC)NCCN(CC)CC)cc2)cc1. The van der Waals surface area contributed by atoms with Crippen molar-refractivity contribution in [2.45, 2.75) is 48.0 Å². The number of benzene rings is 2. The molecule has 0 amide bonds. The number of hydrazone groups is 1. The molecule has 0 aliphatic heterocycles. The minimum atomic E-state index is -2.04. The number of anilines is 1. The highest BCUT2D eigenvalue weighted by Gasteiger charge is 2.21. The Balaban J connectivity index is 1.96. The molecule has 0 spiro atoms. The van der Waals surface area contributed by atoms with Crippen molar-refractivity contribution in [3.05, 3.63) is 59.7 Å². The summed E-state index contributed by atoms with van der Waals surface area (Å²) in [4.78, 5) is 7.19. The van der Waals surface area contributed by atoms with Crippen LogP contribution in [0.1, 0.15) is 59.1 Å². The van der Waals surface area contributed by atoms with Crippen molar-refractivity contribution < 1.29 is 4.74 Å². The van der Waals surface area contributed by atoms with Crippen molar-refractivity contribution in [1.82, 2.24) is 19.7 Å². The minimum absolute atomic E-state index is 0.607. The predicted octanol–water partition coefficient (Wildman–Crippen LogP) is 6.20. The van der Waals surface area contributed by atoms with Gasteiger partial charge in [-0.05, 0) is 107 Å². The number of nitrogens with zero attached hydrogens (tertiary/aromatic N) is 5. The molecule has 1 unspecified atom stereocenters. The Morgan fingerprint density at radius 2 is 1.49 bits per heavy atom. The van der Waals surface area contributed by atoms with Crippen LogP contribution < -0.4 is 14.7 Å². The molecule has 0 fully saturated rings. The van der Waals surface area contributed by atoms with Crippen LogP contribution in [0.2, 0.25) is 0 Å². The molecule has 0 radical (unpaired) electrons. The number of ether oxygens (including phenoxy) is 1. The van der Waals surface area contributed by atoms with Crippen LogP contribution in [-0.4, -0.2) is 99.5 Å². The second kappa shape index (κ2) is 20.5. The van der Waals surface area contributed by atoms with Crippen molar-refractivity contribution >= 4 is 30.0 Å². The minimum Gasteiger partial charge on any atom is -0.492 e. The number of hydrogen-bond donors (Lipinski definition) is 1. The van der Waals surface area contributed by atoms with Gasteiger partial charge in [0, 0.05) is 44.1 Å². The molecular weight excluding hydrogens is 571 g/mol. The van der Waals surface area contributed by atoms with E-state index in [0.717, 1.165) is 88.4 Å². The maximum Gasteiger partial charge on any atom is 0.119 e. The number of rotatable bonds is 21. The Labute approximate surface area is 267 Å². The molecule has 0 heterocycles. The zero-order valence-electron chi connectivity index (χ0n) is 27.7. The maximum atomic E-state index is 6.29. The molecular formula is C34H55N6OPS. The second-order valence-corrected chi connectivity index (χ2v) is 15.0. The lowest BCUT2D eigenvalue weighted by atomic mass is 10.2. The van der Waals surface area contributed by atoms with E-state index in [-0.39, 0.29) is 0 Å². The van der Waals surface area contributed by atoms with E-state index < -0.39 is 6.34 Å². The Hall–Kier alpha value is -2.40. The summed E-state index contributed by atoms with van der Waals surface area (Å²) in [5.74, 6) is 6.90. The Morgan fingerprint density at radius 1 is 0.860 bits per heavy atom. The topological polar surface area (TPSA) is 46.6 Å². The molecule has 0 saturated carbocycles. The summed E-state index contributed by atoms with van der Waals surface area (Å²) in [5.41, 5.74) is 3.24. The largest absolute Gasteiger partial charge is 0.492 e. The summed E-state index contributed by atoms with van der Waals surface area (Å²) >= 11 is 6.29. The van der Waals surface area contributed by atoms with Crippen molar-refractivity contribution in [2.24, 2.45) is 5.10 Å². The fourth-order valence-electron chi connectivity index (χ4n) is 4.82. The van der Waals surface area contributed by atoms with Gasteiger partial charge in [0.25, 0.3) is 0 Å². The zero-order chi connectivity index (χ0) is 31.5. The third-order valence-electron chi connectivity index (χ3n) is 7.75. The normalized spacial score (nSPS) is 12.8. The average molecular weight is 627 g/mol. The first-order chi connectivity index (χ1) is 20.8. The third kappa shape index (κ3) is 13.0. The van der Waals surface area contributed by atoms with E-state index in [9.17, 15) is 0 Å². The number of hydrogen-bond acceptors (Lipinski definition) is 6.